The van der Waals surface area contributed by atoms with Crippen molar-refractivity contribution in [3.05, 3.63) is 52.2 Å². The number of nitriles is 1. The van der Waals surface area contributed by atoms with Gasteiger partial charge in [-0.3, -0.25) is 0 Å². The van der Waals surface area contributed by atoms with Gasteiger partial charge in [0.1, 0.15) is 0 Å². The number of hydrogen-bond donors (Lipinski definition) is 1. The van der Waals surface area contributed by atoms with Crippen LogP contribution in [0.5, 0.6) is 0 Å². The highest BCUT2D eigenvalue weighted by Gasteiger charge is 2.13. The number of thiophene rings is 1. The lowest BCUT2D eigenvalue weighted by atomic mass is 10.2. The van der Waals surface area contributed by atoms with Crippen LogP contribution in [0.2, 0.25) is 0 Å². The Balaban J connectivity index is 1.79. The molecule has 2 aromatic rings. The lowest BCUT2D eigenvalue weighted by Crippen LogP contribution is -2.25. The molecule has 4 nitrogen and oxygen atoms in total. The molecule has 6 heteroatoms. The largest absolute Gasteiger partial charge is 0.315 e. The molecule has 0 aliphatic rings. The smallest absolute Gasteiger partial charge is 0.179 e. The summed E-state index contributed by atoms with van der Waals surface area (Å²) in [7, 11) is -3.29. The van der Waals surface area contributed by atoms with Gasteiger partial charge in [0, 0.05) is 6.54 Å². The summed E-state index contributed by atoms with van der Waals surface area (Å²) in [6.07, 6.45) is 0.903. The van der Waals surface area contributed by atoms with E-state index in [4.69, 9.17) is 5.26 Å². The van der Waals surface area contributed by atoms with Gasteiger partial charge in [0.05, 0.1) is 22.3 Å². The van der Waals surface area contributed by atoms with Gasteiger partial charge in [0.2, 0.25) is 0 Å². The molecule has 1 aromatic heterocycles. The van der Waals surface area contributed by atoms with Crippen LogP contribution >= 0.6 is 11.3 Å². The molecular weight excluding hydrogens is 304 g/mol. The molecule has 21 heavy (non-hydrogen) atoms. The van der Waals surface area contributed by atoms with E-state index < -0.39 is 9.84 Å². The van der Waals surface area contributed by atoms with Crippen molar-refractivity contribution in [2.45, 2.75) is 11.3 Å². The summed E-state index contributed by atoms with van der Waals surface area (Å²) in [5, 5.41) is 16.0. The third kappa shape index (κ3) is 4.67. The first-order valence-corrected chi connectivity index (χ1v) is 9.16. The molecule has 0 fully saturated rings. The summed E-state index contributed by atoms with van der Waals surface area (Å²) in [6.45, 7) is 1.19. The topological polar surface area (TPSA) is 70.0 Å². The van der Waals surface area contributed by atoms with Crippen molar-refractivity contribution in [1.82, 2.24) is 5.32 Å². The van der Waals surface area contributed by atoms with Crippen molar-refractivity contribution < 1.29 is 8.42 Å². The van der Waals surface area contributed by atoms with Gasteiger partial charge in [0.15, 0.2) is 9.84 Å². The zero-order valence-electron chi connectivity index (χ0n) is 11.5. The fraction of sp³-hybridized carbons (Fsp3) is 0.267. The zero-order chi connectivity index (χ0) is 15.1. The van der Waals surface area contributed by atoms with Crippen molar-refractivity contribution in [2.75, 3.05) is 18.8 Å². The number of rotatable bonds is 7. The van der Waals surface area contributed by atoms with Crippen LogP contribution in [-0.4, -0.2) is 27.3 Å². The second kappa shape index (κ2) is 7.36. The van der Waals surface area contributed by atoms with E-state index in [1.54, 1.807) is 11.3 Å². The molecule has 1 aromatic carbocycles. The monoisotopic (exact) mass is 320 g/mol. The average molecular weight is 320 g/mol. The first-order chi connectivity index (χ1) is 10.1. The summed E-state index contributed by atoms with van der Waals surface area (Å²) >= 11 is 1.66. The molecule has 0 amide bonds. The molecule has 1 N–H and O–H groups in total. The van der Waals surface area contributed by atoms with E-state index in [-0.39, 0.29) is 10.6 Å². The summed E-state index contributed by atoms with van der Waals surface area (Å²) < 4.78 is 24.2. The van der Waals surface area contributed by atoms with E-state index in [0.717, 1.165) is 13.0 Å². The summed E-state index contributed by atoms with van der Waals surface area (Å²) in [5.41, 5.74) is 1.73. The van der Waals surface area contributed by atoms with E-state index in [1.807, 2.05) is 11.4 Å². The molecule has 0 aliphatic carbocycles. The maximum Gasteiger partial charge on any atom is 0.179 e. The number of nitrogens with zero attached hydrogens (tertiary/aromatic N) is 1. The van der Waals surface area contributed by atoms with Crippen LogP contribution in [0, 0.1) is 11.3 Å². The fourth-order valence-electron chi connectivity index (χ4n) is 1.85. The standard InChI is InChI=1S/C15H16N2O2S2/c16-11-13-1-3-15(4-2-13)21(18,19)10-8-17-7-5-14-6-9-20-12-14/h1-4,6,9,12,17H,5,7-8,10H2. The average Bonchev–Trinajstić information content (AvgIpc) is 3.00. The molecule has 0 saturated carbocycles. The normalized spacial score (nSPS) is 11.2. The number of sulfone groups is 1. The molecule has 1 heterocycles. The van der Waals surface area contributed by atoms with Crippen LogP contribution in [0.4, 0.5) is 0 Å². The molecule has 0 spiro atoms. The van der Waals surface area contributed by atoms with Crippen LogP contribution in [0.15, 0.2) is 46.0 Å². The Labute approximate surface area is 129 Å². The minimum atomic E-state index is -3.29. The molecular formula is C15H16N2O2S2. The molecule has 0 radical (unpaired) electrons. The number of benzene rings is 1. The molecule has 0 aliphatic heterocycles. The Kier molecular flexibility index (Phi) is 5.51. The highest BCUT2D eigenvalue weighted by molar-refractivity contribution is 7.91. The first kappa shape index (κ1) is 15.7. The van der Waals surface area contributed by atoms with E-state index in [2.05, 4.69) is 16.8 Å². The van der Waals surface area contributed by atoms with Gasteiger partial charge in [-0.15, -0.1) is 0 Å². The third-order valence-corrected chi connectivity index (χ3v) is 5.52. The fourth-order valence-corrected chi connectivity index (χ4v) is 3.76. The van der Waals surface area contributed by atoms with Crippen molar-refractivity contribution in [3.8, 4) is 6.07 Å². The number of hydrogen-bond acceptors (Lipinski definition) is 5. The van der Waals surface area contributed by atoms with Crippen LogP contribution in [0.3, 0.4) is 0 Å². The third-order valence-electron chi connectivity index (χ3n) is 3.06. The van der Waals surface area contributed by atoms with E-state index in [9.17, 15) is 8.42 Å². The van der Waals surface area contributed by atoms with Gasteiger partial charge in [-0.05, 0) is 59.6 Å². The Morgan fingerprint density at radius 3 is 2.52 bits per heavy atom. The zero-order valence-corrected chi connectivity index (χ0v) is 13.1. The Morgan fingerprint density at radius 1 is 1.14 bits per heavy atom. The summed E-state index contributed by atoms with van der Waals surface area (Å²) in [5.74, 6) is 0.0581. The SMILES string of the molecule is N#Cc1ccc(S(=O)(=O)CCNCCc2ccsc2)cc1. The van der Waals surface area contributed by atoms with E-state index in [0.29, 0.717) is 12.1 Å². The van der Waals surface area contributed by atoms with Crippen LogP contribution in [-0.2, 0) is 16.3 Å². The predicted octanol–water partition coefficient (Wildman–Crippen LogP) is 2.23. The molecule has 0 saturated heterocycles. The first-order valence-electron chi connectivity index (χ1n) is 6.56. The minimum absolute atomic E-state index is 0.0581. The van der Waals surface area contributed by atoms with Gasteiger partial charge >= 0.3 is 0 Å². The van der Waals surface area contributed by atoms with E-state index >= 15 is 0 Å². The minimum Gasteiger partial charge on any atom is -0.315 e. The van der Waals surface area contributed by atoms with Crippen LogP contribution < -0.4 is 5.32 Å². The quantitative estimate of drug-likeness (QED) is 0.794. The molecule has 0 unspecified atom stereocenters. The Morgan fingerprint density at radius 2 is 1.90 bits per heavy atom. The highest BCUT2D eigenvalue weighted by atomic mass is 32.2. The van der Waals surface area contributed by atoms with Crippen molar-refractivity contribution in [3.63, 3.8) is 0 Å². The number of nitrogens with one attached hydrogen (secondary N) is 1. The molecule has 2 rings (SSSR count). The molecule has 110 valence electrons. The van der Waals surface area contributed by atoms with Gasteiger partial charge in [-0.25, -0.2) is 8.42 Å². The second-order valence-electron chi connectivity index (χ2n) is 4.59. The molecule has 0 atom stereocenters. The molecule has 0 bridgehead atoms. The Bertz CT molecular complexity index is 699. The lowest BCUT2D eigenvalue weighted by molar-refractivity contribution is 0.591. The van der Waals surface area contributed by atoms with Crippen LogP contribution in [0.25, 0.3) is 0 Å². The summed E-state index contributed by atoms with van der Waals surface area (Å²) in [4.78, 5) is 0.265. The maximum atomic E-state index is 12.1. The Hall–Kier alpha value is -1.68. The summed E-state index contributed by atoms with van der Waals surface area (Å²) in [6, 6.07) is 10.1. The van der Waals surface area contributed by atoms with Gasteiger partial charge in [-0.2, -0.15) is 16.6 Å². The van der Waals surface area contributed by atoms with Crippen molar-refractivity contribution in [1.29, 1.82) is 5.26 Å². The van der Waals surface area contributed by atoms with Crippen molar-refractivity contribution in [2.24, 2.45) is 0 Å². The van der Waals surface area contributed by atoms with Crippen LogP contribution in [0.1, 0.15) is 11.1 Å². The maximum absolute atomic E-state index is 12.1. The van der Waals surface area contributed by atoms with Gasteiger partial charge < -0.3 is 5.32 Å². The lowest BCUT2D eigenvalue weighted by Gasteiger charge is -2.06. The van der Waals surface area contributed by atoms with Gasteiger partial charge in [0.25, 0.3) is 0 Å². The predicted molar refractivity (Wildman–Crippen MR) is 84.1 cm³/mol. The highest BCUT2D eigenvalue weighted by Crippen LogP contribution is 2.11. The second-order valence-corrected chi connectivity index (χ2v) is 7.48. The van der Waals surface area contributed by atoms with Crippen molar-refractivity contribution >= 4 is 21.2 Å². The van der Waals surface area contributed by atoms with Gasteiger partial charge in [-0.1, -0.05) is 0 Å². The van der Waals surface area contributed by atoms with E-state index in [1.165, 1.54) is 29.8 Å².